The molecule has 0 saturated heterocycles. The Kier molecular flexibility index (Phi) is 6.11. The van der Waals surface area contributed by atoms with E-state index in [2.05, 4.69) is 48.5 Å². The summed E-state index contributed by atoms with van der Waals surface area (Å²) in [7, 11) is 0. The van der Waals surface area contributed by atoms with Crippen LogP contribution in [0.5, 0.6) is 5.75 Å². The number of aryl methyl sites for hydroxylation is 2. The highest BCUT2D eigenvalue weighted by molar-refractivity contribution is 7.99. The van der Waals surface area contributed by atoms with Crippen molar-refractivity contribution >= 4 is 11.8 Å². The van der Waals surface area contributed by atoms with Gasteiger partial charge in [0.05, 0.1) is 0 Å². The third-order valence-corrected chi connectivity index (χ3v) is 3.94. The van der Waals surface area contributed by atoms with Gasteiger partial charge in [0.2, 0.25) is 0 Å². The van der Waals surface area contributed by atoms with Crippen LogP contribution >= 0.6 is 11.8 Å². The lowest BCUT2D eigenvalue weighted by Crippen LogP contribution is -1.74. The second-order valence-corrected chi connectivity index (χ2v) is 6.22. The Morgan fingerprint density at radius 2 is 1.05 bits per heavy atom. The number of hydrogen-bond acceptors (Lipinski definition) is 2. The van der Waals surface area contributed by atoms with Gasteiger partial charge in [-0.25, -0.2) is 0 Å². The fraction of sp³-hybridized carbons (Fsp3) is 0.100. The van der Waals surface area contributed by atoms with Crippen LogP contribution in [0.25, 0.3) is 0 Å². The number of aromatic hydroxyl groups is 1. The molecule has 1 N–H and O–H groups in total. The first-order valence-electron chi connectivity index (χ1n) is 7.19. The molecule has 0 aliphatic carbocycles. The predicted octanol–water partition coefficient (Wildman–Crippen LogP) is 5.85. The topological polar surface area (TPSA) is 20.2 Å². The molecule has 0 aliphatic heterocycles. The molecule has 0 aromatic heterocycles. The van der Waals surface area contributed by atoms with Crippen LogP contribution in [-0.2, 0) is 0 Å². The van der Waals surface area contributed by atoms with Gasteiger partial charge in [0.15, 0.2) is 0 Å². The van der Waals surface area contributed by atoms with E-state index in [0.29, 0.717) is 5.75 Å². The van der Waals surface area contributed by atoms with Crippen LogP contribution in [0.2, 0.25) is 0 Å². The number of phenolic OH excluding ortho intramolecular Hbond substituents is 1. The Hall–Kier alpha value is -2.19. The molecule has 1 nitrogen and oxygen atoms in total. The van der Waals surface area contributed by atoms with Crippen molar-refractivity contribution in [3.05, 3.63) is 90.0 Å². The molecule has 0 amide bonds. The van der Waals surface area contributed by atoms with Gasteiger partial charge in [-0.1, -0.05) is 54.2 Å². The summed E-state index contributed by atoms with van der Waals surface area (Å²) in [5.74, 6) is 0.354. The molecular weight excluding hydrogens is 288 g/mol. The summed E-state index contributed by atoms with van der Waals surface area (Å²) >= 11 is 1.79. The fourth-order valence-corrected chi connectivity index (χ4v) is 2.92. The van der Waals surface area contributed by atoms with Crippen LogP contribution in [0.3, 0.4) is 0 Å². The molecule has 0 aliphatic rings. The molecule has 0 heterocycles. The van der Waals surface area contributed by atoms with E-state index < -0.39 is 0 Å². The molecular formula is C20H20OS. The summed E-state index contributed by atoms with van der Waals surface area (Å²) in [5, 5.41) is 8.99. The summed E-state index contributed by atoms with van der Waals surface area (Å²) in [4.78, 5) is 2.57. The Bertz CT molecular complexity index is 605. The van der Waals surface area contributed by atoms with E-state index in [4.69, 9.17) is 5.11 Å². The third-order valence-electron chi connectivity index (χ3n) is 2.93. The second-order valence-electron chi connectivity index (χ2n) is 5.07. The highest BCUT2D eigenvalue weighted by Crippen LogP contribution is 2.26. The molecule has 0 saturated carbocycles. The minimum absolute atomic E-state index is 0.354. The Labute approximate surface area is 136 Å². The summed E-state index contributed by atoms with van der Waals surface area (Å²) in [6, 6.07) is 26.3. The van der Waals surface area contributed by atoms with Gasteiger partial charge in [0.25, 0.3) is 0 Å². The number of benzene rings is 3. The van der Waals surface area contributed by atoms with E-state index in [0.717, 1.165) is 11.1 Å². The van der Waals surface area contributed by atoms with Gasteiger partial charge in [-0.3, -0.25) is 0 Å². The molecule has 2 heteroatoms. The second kappa shape index (κ2) is 8.30. The predicted molar refractivity (Wildman–Crippen MR) is 94.6 cm³/mol. The Morgan fingerprint density at radius 1 is 0.636 bits per heavy atom. The van der Waals surface area contributed by atoms with Crippen LogP contribution in [0.1, 0.15) is 11.1 Å². The Balaban J connectivity index is 0.000000172. The van der Waals surface area contributed by atoms with E-state index in [-0.39, 0.29) is 0 Å². The molecule has 0 unspecified atom stereocenters. The van der Waals surface area contributed by atoms with Crippen molar-refractivity contribution in [3.63, 3.8) is 0 Å². The summed E-state index contributed by atoms with van der Waals surface area (Å²) in [5.41, 5.74) is 2.21. The van der Waals surface area contributed by atoms with Gasteiger partial charge < -0.3 is 5.11 Å². The van der Waals surface area contributed by atoms with Crippen molar-refractivity contribution in [2.45, 2.75) is 23.6 Å². The van der Waals surface area contributed by atoms with Crippen molar-refractivity contribution in [1.82, 2.24) is 0 Å². The first-order valence-corrected chi connectivity index (χ1v) is 8.00. The molecule has 0 spiro atoms. The van der Waals surface area contributed by atoms with Gasteiger partial charge in [-0.05, 0) is 61.4 Å². The van der Waals surface area contributed by atoms with Crippen molar-refractivity contribution < 1.29 is 5.11 Å². The maximum atomic E-state index is 8.99. The molecule has 0 atom stereocenters. The van der Waals surface area contributed by atoms with Gasteiger partial charge in [-0.15, -0.1) is 0 Å². The normalized spacial score (nSPS) is 9.73. The quantitative estimate of drug-likeness (QED) is 0.641. The average molecular weight is 308 g/mol. The molecule has 112 valence electrons. The highest BCUT2D eigenvalue weighted by Gasteiger charge is 1.93. The van der Waals surface area contributed by atoms with E-state index >= 15 is 0 Å². The summed E-state index contributed by atoms with van der Waals surface area (Å²) in [6.45, 7) is 3.93. The SMILES string of the molecule is Cc1cc(C)cc(O)c1.c1ccc(Sc2ccccc2)cc1. The van der Waals surface area contributed by atoms with Crippen LogP contribution < -0.4 is 0 Å². The molecule has 3 rings (SSSR count). The maximum Gasteiger partial charge on any atom is 0.116 e. The molecule has 0 bridgehead atoms. The monoisotopic (exact) mass is 308 g/mol. The first-order chi connectivity index (χ1) is 10.6. The fourth-order valence-electron chi connectivity index (χ4n) is 2.06. The lowest BCUT2D eigenvalue weighted by molar-refractivity contribution is 0.474. The zero-order chi connectivity index (χ0) is 15.8. The summed E-state index contributed by atoms with van der Waals surface area (Å²) < 4.78 is 0. The first kappa shape index (κ1) is 16.2. The lowest BCUT2D eigenvalue weighted by Gasteiger charge is -1.99. The molecule has 0 fully saturated rings. The third kappa shape index (κ3) is 5.66. The van der Waals surface area contributed by atoms with Crippen LogP contribution in [0.15, 0.2) is 88.7 Å². The van der Waals surface area contributed by atoms with E-state index in [1.165, 1.54) is 9.79 Å². The number of hydrogen-bond donors (Lipinski definition) is 1. The van der Waals surface area contributed by atoms with Crippen LogP contribution in [0, 0.1) is 13.8 Å². The van der Waals surface area contributed by atoms with Crippen molar-refractivity contribution in [3.8, 4) is 5.75 Å². The Morgan fingerprint density at radius 3 is 1.41 bits per heavy atom. The lowest BCUT2D eigenvalue weighted by atomic mass is 10.1. The molecule has 22 heavy (non-hydrogen) atoms. The van der Waals surface area contributed by atoms with Crippen molar-refractivity contribution in [2.24, 2.45) is 0 Å². The zero-order valence-electron chi connectivity index (χ0n) is 12.9. The minimum Gasteiger partial charge on any atom is -0.508 e. The van der Waals surface area contributed by atoms with Gasteiger partial charge in [0.1, 0.15) is 5.75 Å². The van der Waals surface area contributed by atoms with Gasteiger partial charge in [-0.2, -0.15) is 0 Å². The van der Waals surface area contributed by atoms with E-state index in [9.17, 15) is 0 Å². The molecule has 3 aromatic rings. The maximum absolute atomic E-state index is 8.99. The number of rotatable bonds is 2. The summed E-state index contributed by atoms with van der Waals surface area (Å²) in [6.07, 6.45) is 0. The standard InChI is InChI=1S/C12H10S.C8H10O/c1-3-7-11(8-4-1)13-12-9-5-2-6-10-12;1-6-3-7(2)5-8(9)4-6/h1-10H;3-5,9H,1-2H3. The highest BCUT2D eigenvalue weighted by atomic mass is 32.2. The molecule has 0 radical (unpaired) electrons. The average Bonchev–Trinajstić information content (AvgIpc) is 2.48. The van der Waals surface area contributed by atoms with Gasteiger partial charge >= 0.3 is 0 Å². The van der Waals surface area contributed by atoms with Gasteiger partial charge in [0, 0.05) is 9.79 Å². The van der Waals surface area contributed by atoms with E-state index in [1.54, 1.807) is 23.9 Å². The smallest absolute Gasteiger partial charge is 0.116 e. The van der Waals surface area contributed by atoms with Crippen molar-refractivity contribution in [1.29, 1.82) is 0 Å². The minimum atomic E-state index is 0.354. The van der Waals surface area contributed by atoms with E-state index in [1.807, 2.05) is 32.0 Å². The zero-order valence-corrected chi connectivity index (χ0v) is 13.7. The van der Waals surface area contributed by atoms with Crippen LogP contribution in [0.4, 0.5) is 0 Å². The largest absolute Gasteiger partial charge is 0.508 e. The van der Waals surface area contributed by atoms with Crippen LogP contribution in [-0.4, -0.2) is 5.11 Å². The molecule has 3 aromatic carbocycles. The number of phenols is 1. The van der Waals surface area contributed by atoms with Crippen molar-refractivity contribution in [2.75, 3.05) is 0 Å².